The Bertz CT molecular complexity index is 416. The zero-order valence-electron chi connectivity index (χ0n) is 13.0. The van der Waals surface area contributed by atoms with Gasteiger partial charge in [0.25, 0.3) is 0 Å². The summed E-state index contributed by atoms with van der Waals surface area (Å²) in [7, 11) is 2.18. The fourth-order valence-corrected chi connectivity index (χ4v) is 2.95. The summed E-state index contributed by atoms with van der Waals surface area (Å²) in [5.41, 5.74) is 2.49. The summed E-state index contributed by atoms with van der Waals surface area (Å²) >= 11 is 0. The minimum atomic E-state index is 0.259. The number of pyridine rings is 1. The molecule has 20 heavy (non-hydrogen) atoms. The van der Waals surface area contributed by atoms with E-state index in [2.05, 4.69) is 41.3 Å². The van der Waals surface area contributed by atoms with Gasteiger partial charge in [0, 0.05) is 37.4 Å². The third-order valence-electron chi connectivity index (χ3n) is 3.92. The van der Waals surface area contributed by atoms with Gasteiger partial charge >= 0.3 is 0 Å². The maximum Gasteiger partial charge on any atom is 0.0547 e. The minimum Gasteiger partial charge on any atom is -0.381 e. The van der Waals surface area contributed by atoms with Crippen LogP contribution in [0.2, 0.25) is 0 Å². The van der Waals surface area contributed by atoms with E-state index >= 15 is 0 Å². The second-order valence-electron chi connectivity index (χ2n) is 6.03. The van der Waals surface area contributed by atoms with E-state index in [1.807, 2.05) is 13.0 Å². The van der Waals surface area contributed by atoms with Crippen molar-refractivity contribution in [1.82, 2.24) is 15.2 Å². The van der Waals surface area contributed by atoms with Crippen LogP contribution in [0.15, 0.2) is 18.2 Å². The lowest BCUT2D eigenvalue weighted by Crippen LogP contribution is -2.43. The molecule has 1 aromatic rings. The largest absolute Gasteiger partial charge is 0.381 e. The molecule has 1 aromatic heterocycles. The first kappa shape index (κ1) is 15.4. The Hall–Kier alpha value is -0.970. The third kappa shape index (κ3) is 4.27. The normalized spacial score (nSPS) is 22.6. The molecule has 0 aliphatic carbocycles. The summed E-state index contributed by atoms with van der Waals surface area (Å²) in [4.78, 5) is 6.95. The number of hydrogen-bond acceptors (Lipinski definition) is 4. The number of hydrogen-bond donors (Lipinski definition) is 1. The van der Waals surface area contributed by atoms with Gasteiger partial charge in [-0.25, -0.2) is 0 Å². The molecule has 2 heterocycles. The Morgan fingerprint density at radius 1 is 1.45 bits per heavy atom. The molecule has 1 fully saturated rings. The molecule has 112 valence electrons. The summed E-state index contributed by atoms with van der Waals surface area (Å²) in [5, 5.41) is 3.49. The van der Waals surface area contributed by atoms with Gasteiger partial charge in [-0.2, -0.15) is 0 Å². The minimum absolute atomic E-state index is 0.259. The van der Waals surface area contributed by atoms with E-state index in [0.717, 1.165) is 57.2 Å². The predicted molar refractivity (Wildman–Crippen MR) is 81.7 cm³/mol. The molecule has 1 unspecified atom stereocenters. The molecule has 0 radical (unpaired) electrons. The van der Waals surface area contributed by atoms with E-state index in [4.69, 9.17) is 4.74 Å². The third-order valence-corrected chi connectivity index (χ3v) is 3.92. The monoisotopic (exact) mass is 277 g/mol. The second kappa shape index (κ2) is 7.16. The molecule has 0 saturated carbocycles. The Labute approximate surface area is 122 Å². The lowest BCUT2D eigenvalue weighted by atomic mass is 9.86. The van der Waals surface area contributed by atoms with Gasteiger partial charge in [-0.1, -0.05) is 13.0 Å². The molecule has 2 rings (SSSR count). The van der Waals surface area contributed by atoms with Gasteiger partial charge in [0.15, 0.2) is 0 Å². The van der Waals surface area contributed by atoms with Crippen molar-refractivity contribution in [1.29, 1.82) is 0 Å². The topological polar surface area (TPSA) is 37.4 Å². The van der Waals surface area contributed by atoms with E-state index in [1.165, 1.54) is 0 Å². The predicted octanol–water partition coefficient (Wildman–Crippen LogP) is 1.84. The summed E-state index contributed by atoms with van der Waals surface area (Å²) < 4.78 is 5.65. The summed E-state index contributed by atoms with van der Waals surface area (Å²) in [5.74, 6) is 0. The zero-order valence-corrected chi connectivity index (χ0v) is 13.0. The molecule has 1 aliphatic rings. The van der Waals surface area contributed by atoms with Crippen LogP contribution in [-0.2, 0) is 11.3 Å². The van der Waals surface area contributed by atoms with Gasteiger partial charge in [0.05, 0.1) is 12.3 Å². The van der Waals surface area contributed by atoms with E-state index in [-0.39, 0.29) is 5.41 Å². The number of ether oxygens (including phenoxy) is 1. The van der Waals surface area contributed by atoms with Crippen LogP contribution in [0.4, 0.5) is 0 Å². The Morgan fingerprint density at radius 3 is 2.95 bits per heavy atom. The van der Waals surface area contributed by atoms with Gasteiger partial charge in [0.1, 0.15) is 0 Å². The first-order chi connectivity index (χ1) is 9.63. The van der Waals surface area contributed by atoms with E-state index in [0.29, 0.717) is 0 Å². The number of rotatable bonds is 7. The zero-order chi connectivity index (χ0) is 14.4. The average Bonchev–Trinajstić information content (AvgIpc) is 2.85. The van der Waals surface area contributed by atoms with Crippen LogP contribution in [0, 0.1) is 12.3 Å². The molecule has 4 nitrogen and oxygen atoms in total. The van der Waals surface area contributed by atoms with Gasteiger partial charge in [-0.15, -0.1) is 0 Å². The molecule has 1 aliphatic heterocycles. The molecule has 1 atom stereocenters. The van der Waals surface area contributed by atoms with Crippen molar-refractivity contribution >= 4 is 0 Å². The molecule has 0 amide bonds. The molecule has 1 saturated heterocycles. The molecule has 0 aromatic carbocycles. The summed E-state index contributed by atoms with van der Waals surface area (Å²) in [6.07, 6.45) is 1.14. The highest BCUT2D eigenvalue weighted by atomic mass is 16.5. The van der Waals surface area contributed by atoms with Gasteiger partial charge in [0.2, 0.25) is 0 Å². The van der Waals surface area contributed by atoms with Crippen LogP contribution in [-0.4, -0.2) is 49.8 Å². The quantitative estimate of drug-likeness (QED) is 0.825. The molecule has 0 spiro atoms. The van der Waals surface area contributed by atoms with E-state index in [9.17, 15) is 0 Å². The van der Waals surface area contributed by atoms with Crippen molar-refractivity contribution in [3.05, 3.63) is 29.6 Å². The van der Waals surface area contributed by atoms with Crippen LogP contribution in [0.3, 0.4) is 0 Å². The highest BCUT2D eigenvalue weighted by molar-refractivity contribution is 5.09. The molecule has 0 bridgehead atoms. The van der Waals surface area contributed by atoms with Gasteiger partial charge in [-0.3, -0.25) is 9.88 Å². The fraction of sp³-hybridized carbons (Fsp3) is 0.688. The first-order valence-corrected chi connectivity index (χ1v) is 7.53. The lowest BCUT2D eigenvalue weighted by molar-refractivity contribution is 0.116. The van der Waals surface area contributed by atoms with E-state index < -0.39 is 0 Å². The van der Waals surface area contributed by atoms with Gasteiger partial charge < -0.3 is 10.1 Å². The van der Waals surface area contributed by atoms with Crippen molar-refractivity contribution in [3.63, 3.8) is 0 Å². The van der Waals surface area contributed by atoms with Crippen LogP contribution >= 0.6 is 0 Å². The van der Waals surface area contributed by atoms with Crippen LogP contribution in [0.5, 0.6) is 0 Å². The molecular formula is C16H27N3O. The molecule has 4 heteroatoms. The van der Waals surface area contributed by atoms with E-state index in [1.54, 1.807) is 0 Å². The van der Waals surface area contributed by atoms with Crippen LogP contribution < -0.4 is 5.32 Å². The SMILES string of the molecule is CCNCC1(CN(C)Cc2cccc(C)n2)CCOC1. The summed E-state index contributed by atoms with van der Waals surface area (Å²) in [6, 6.07) is 6.23. The summed E-state index contributed by atoms with van der Waals surface area (Å²) in [6.45, 7) is 9.96. The fourth-order valence-electron chi connectivity index (χ4n) is 2.95. The van der Waals surface area contributed by atoms with Crippen LogP contribution in [0.25, 0.3) is 0 Å². The van der Waals surface area contributed by atoms with Crippen molar-refractivity contribution in [3.8, 4) is 0 Å². The van der Waals surface area contributed by atoms with Crippen molar-refractivity contribution < 1.29 is 4.74 Å². The smallest absolute Gasteiger partial charge is 0.0547 e. The van der Waals surface area contributed by atoms with Gasteiger partial charge in [-0.05, 0) is 39.1 Å². The standard InChI is InChI=1S/C16H27N3O/c1-4-17-11-16(8-9-20-13-16)12-19(3)10-15-7-5-6-14(2)18-15/h5-7,17H,4,8-13H2,1-3H3. The maximum absolute atomic E-state index is 5.65. The lowest BCUT2D eigenvalue weighted by Gasteiger charge is -2.32. The Kier molecular flexibility index (Phi) is 5.52. The van der Waals surface area contributed by atoms with Crippen LogP contribution in [0.1, 0.15) is 24.7 Å². The second-order valence-corrected chi connectivity index (χ2v) is 6.03. The highest BCUT2D eigenvalue weighted by Gasteiger charge is 2.35. The number of aryl methyl sites for hydroxylation is 1. The molecular weight excluding hydrogens is 250 g/mol. The van der Waals surface area contributed by atoms with Crippen molar-refractivity contribution in [2.24, 2.45) is 5.41 Å². The highest BCUT2D eigenvalue weighted by Crippen LogP contribution is 2.29. The molecule has 1 N–H and O–H groups in total. The maximum atomic E-state index is 5.65. The Balaban J connectivity index is 1.93. The number of nitrogens with one attached hydrogen (secondary N) is 1. The average molecular weight is 277 g/mol. The first-order valence-electron chi connectivity index (χ1n) is 7.53. The number of nitrogens with zero attached hydrogens (tertiary/aromatic N) is 2. The number of aromatic nitrogens is 1. The van der Waals surface area contributed by atoms with Crippen molar-refractivity contribution in [2.45, 2.75) is 26.8 Å². The Morgan fingerprint density at radius 2 is 2.30 bits per heavy atom. The van der Waals surface area contributed by atoms with Crippen molar-refractivity contribution in [2.75, 3.05) is 39.9 Å².